The molecule has 3 aromatic carbocycles. The van der Waals surface area contributed by atoms with Crippen molar-refractivity contribution in [1.29, 1.82) is 5.26 Å². The monoisotopic (exact) mass is 415 g/mol. The minimum absolute atomic E-state index is 0.0193. The van der Waals surface area contributed by atoms with Crippen LogP contribution in [0.4, 0.5) is 15.8 Å². The van der Waals surface area contributed by atoms with Crippen molar-refractivity contribution in [2.75, 3.05) is 17.7 Å². The summed E-state index contributed by atoms with van der Waals surface area (Å²) in [6.07, 6.45) is 1.36. The predicted octanol–water partition coefficient (Wildman–Crippen LogP) is 4.63. The summed E-state index contributed by atoms with van der Waals surface area (Å²) in [6, 6.07) is 20.8. The van der Waals surface area contributed by atoms with Gasteiger partial charge in [0.1, 0.15) is 23.2 Å². The Morgan fingerprint density at radius 1 is 1.00 bits per heavy atom. The smallest absolute Gasteiger partial charge is 0.266 e. The number of ether oxygens (including phenoxy) is 1. The number of para-hydroxylation sites is 1. The number of carbonyl (C=O) groups excluding carboxylic acids is 2. The Balaban J connectivity index is 1.75. The van der Waals surface area contributed by atoms with Crippen molar-refractivity contribution in [2.45, 2.75) is 0 Å². The van der Waals surface area contributed by atoms with Gasteiger partial charge in [-0.2, -0.15) is 5.26 Å². The van der Waals surface area contributed by atoms with Crippen LogP contribution in [0.15, 0.2) is 78.4 Å². The second-order valence-electron chi connectivity index (χ2n) is 6.41. The van der Waals surface area contributed by atoms with Crippen molar-refractivity contribution < 1.29 is 18.7 Å². The fourth-order valence-electron chi connectivity index (χ4n) is 2.72. The van der Waals surface area contributed by atoms with E-state index in [-0.39, 0.29) is 17.2 Å². The molecule has 0 aliphatic heterocycles. The van der Waals surface area contributed by atoms with Crippen molar-refractivity contribution in [3.05, 3.63) is 95.3 Å². The molecule has 0 saturated carbocycles. The van der Waals surface area contributed by atoms with Crippen molar-refractivity contribution in [3.8, 4) is 11.8 Å². The Labute approximate surface area is 178 Å². The van der Waals surface area contributed by atoms with E-state index in [1.807, 2.05) is 6.07 Å². The molecule has 0 aromatic heterocycles. The van der Waals surface area contributed by atoms with Gasteiger partial charge in [-0.15, -0.1) is 0 Å². The Hall–Kier alpha value is -4.44. The van der Waals surface area contributed by atoms with E-state index >= 15 is 0 Å². The maximum Gasteiger partial charge on any atom is 0.266 e. The van der Waals surface area contributed by atoms with Crippen LogP contribution >= 0.6 is 0 Å². The molecule has 2 amide bonds. The Morgan fingerprint density at radius 3 is 2.42 bits per heavy atom. The topological polar surface area (TPSA) is 91.2 Å². The third-order valence-electron chi connectivity index (χ3n) is 4.29. The number of methoxy groups -OCH3 is 1. The summed E-state index contributed by atoms with van der Waals surface area (Å²) in [5.41, 5.74) is 1.23. The van der Waals surface area contributed by atoms with Crippen molar-refractivity contribution in [3.63, 3.8) is 0 Å². The third-order valence-corrected chi connectivity index (χ3v) is 4.29. The van der Waals surface area contributed by atoms with Crippen LogP contribution in [0.1, 0.15) is 15.9 Å². The number of halogens is 1. The van der Waals surface area contributed by atoms with E-state index in [0.29, 0.717) is 22.6 Å². The van der Waals surface area contributed by atoms with Gasteiger partial charge in [0.05, 0.1) is 12.8 Å². The lowest BCUT2D eigenvalue weighted by molar-refractivity contribution is -0.112. The van der Waals surface area contributed by atoms with Gasteiger partial charge in [-0.1, -0.05) is 24.3 Å². The summed E-state index contributed by atoms with van der Waals surface area (Å²) < 4.78 is 18.8. The summed E-state index contributed by atoms with van der Waals surface area (Å²) in [5, 5.41) is 14.5. The zero-order chi connectivity index (χ0) is 22.2. The van der Waals surface area contributed by atoms with E-state index in [2.05, 4.69) is 10.6 Å². The summed E-state index contributed by atoms with van der Waals surface area (Å²) >= 11 is 0. The van der Waals surface area contributed by atoms with Gasteiger partial charge in [0.25, 0.3) is 11.8 Å². The highest BCUT2D eigenvalue weighted by molar-refractivity contribution is 6.10. The Kier molecular flexibility index (Phi) is 6.76. The molecule has 3 rings (SSSR count). The zero-order valence-corrected chi connectivity index (χ0v) is 16.6. The van der Waals surface area contributed by atoms with Gasteiger partial charge in [-0.25, -0.2) is 4.39 Å². The number of hydrogen-bond acceptors (Lipinski definition) is 4. The van der Waals surface area contributed by atoms with E-state index in [4.69, 9.17) is 4.74 Å². The van der Waals surface area contributed by atoms with Gasteiger partial charge in [0, 0.05) is 11.3 Å². The van der Waals surface area contributed by atoms with E-state index in [9.17, 15) is 19.2 Å². The molecule has 0 radical (unpaired) electrons. The quantitative estimate of drug-likeness (QED) is 0.454. The molecule has 3 aromatic rings. The van der Waals surface area contributed by atoms with Crippen LogP contribution in [-0.2, 0) is 4.79 Å². The number of nitrogens with zero attached hydrogens (tertiary/aromatic N) is 1. The number of anilines is 2. The molecular weight excluding hydrogens is 397 g/mol. The van der Waals surface area contributed by atoms with Crippen LogP contribution in [0.2, 0.25) is 0 Å². The summed E-state index contributed by atoms with van der Waals surface area (Å²) in [6.45, 7) is 0. The first-order valence-electron chi connectivity index (χ1n) is 9.23. The number of hydrogen-bond donors (Lipinski definition) is 2. The van der Waals surface area contributed by atoms with Crippen LogP contribution in [0.5, 0.6) is 5.75 Å². The number of carbonyl (C=O) groups is 2. The normalized spacial score (nSPS) is 10.7. The molecule has 0 atom stereocenters. The van der Waals surface area contributed by atoms with Gasteiger partial charge in [0.15, 0.2) is 0 Å². The fourth-order valence-corrected chi connectivity index (χ4v) is 2.72. The molecule has 31 heavy (non-hydrogen) atoms. The van der Waals surface area contributed by atoms with Gasteiger partial charge in [-0.3, -0.25) is 9.59 Å². The molecule has 0 saturated heterocycles. The molecule has 154 valence electrons. The summed E-state index contributed by atoms with van der Waals surface area (Å²) in [4.78, 5) is 24.8. The fraction of sp³-hybridized carbons (Fsp3) is 0.0417. The zero-order valence-electron chi connectivity index (χ0n) is 16.6. The van der Waals surface area contributed by atoms with Crippen LogP contribution in [0.3, 0.4) is 0 Å². The van der Waals surface area contributed by atoms with E-state index in [1.165, 1.54) is 24.3 Å². The molecule has 0 bridgehead atoms. The Morgan fingerprint density at radius 2 is 1.74 bits per heavy atom. The van der Waals surface area contributed by atoms with Crippen molar-refractivity contribution in [2.24, 2.45) is 0 Å². The first-order valence-corrected chi connectivity index (χ1v) is 9.23. The molecule has 0 aliphatic rings. The van der Waals surface area contributed by atoms with Gasteiger partial charge < -0.3 is 15.4 Å². The van der Waals surface area contributed by atoms with Crippen LogP contribution in [-0.4, -0.2) is 18.9 Å². The van der Waals surface area contributed by atoms with Crippen molar-refractivity contribution in [1.82, 2.24) is 0 Å². The van der Waals surface area contributed by atoms with E-state index in [0.717, 1.165) is 0 Å². The SMILES string of the molecule is COc1ccc(C(=O)Nc2cccc(/C=C(\C#N)C(=O)Nc3ccccc3F)c2)cc1. The van der Waals surface area contributed by atoms with E-state index < -0.39 is 11.7 Å². The maximum absolute atomic E-state index is 13.7. The van der Waals surface area contributed by atoms with Gasteiger partial charge in [0.2, 0.25) is 0 Å². The van der Waals surface area contributed by atoms with Crippen LogP contribution in [0.25, 0.3) is 6.08 Å². The third kappa shape index (κ3) is 5.55. The molecule has 6 nitrogen and oxygen atoms in total. The number of benzene rings is 3. The first-order chi connectivity index (χ1) is 15.0. The average Bonchev–Trinajstić information content (AvgIpc) is 2.79. The number of nitriles is 1. The van der Waals surface area contributed by atoms with Crippen LogP contribution in [0, 0.1) is 17.1 Å². The second-order valence-corrected chi connectivity index (χ2v) is 6.41. The molecule has 7 heteroatoms. The minimum Gasteiger partial charge on any atom is -0.497 e. The minimum atomic E-state index is -0.736. The number of rotatable bonds is 6. The first kappa shape index (κ1) is 21.3. The van der Waals surface area contributed by atoms with Crippen LogP contribution < -0.4 is 15.4 Å². The van der Waals surface area contributed by atoms with Gasteiger partial charge >= 0.3 is 0 Å². The maximum atomic E-state index is 13.7. The lowest BCUT2D eigenvalue weighted by atomic mass is 10.1. The van der Waals surface area contributed by atoms with Crippen molar-refractivity contribution >= 4 is 29.3 Å². The van der Waals surface area contributed by atoms with Gasteiger partial charge in [-0.05, 0) is 60.2 Å². The highest BCUT2D eigenvalue weighted by Gasteiger charge is 2.12. The summed E-state index contributed by atoms with van der Waals surface area (Å²) in [5.74, 6) is -1.01. The second kappa shape index (κ2) is 9.85. The standard InChI is InChI=1S/C24H18FN3O3/c1-31-20-11-9-17(10-12-20)23(29)27-19-6-4-5-16(14-19)13-18(15-26)24(30)28-22-8-3-2-7-21(22)25/h2-14H,1H3,(H,27,29)(H,28,30)/b18-13+. The highest BCUT2D eigenvalue weighted by atomic mass is 19.1. The molecule has 0 heterocycles. The lowest BCUT2D eigenvalue weighted by Gasteiger charge is -2.08. The summed E-state index contributed by atoms with van der Waals surface area (Å²) in [7, 11) is 1.54. The lowest BCUT2D eigenvalue weighted by Crippen LogP contribution is -2.14. The average molecular weight is 415 g/mol. The predicted molar refractivity (Wildman–Crippen MR) is 116 cm³/mol. The largest absolute Gasteiger partial charge is 0.497 e. The Bertz CT molecular complexity index is 1180. The molecule has 0 spiro atoms. The molecular formula is C24H18FN3O3. The number of amides is 2. The molecule has 0 fully saturated rings. The molecule has 2 N–H and O–H groups in total. The molecule has 0 unspecified atom stereocenters. The molecule has 0 aliphatic carbocycles. The highest BCUT2D eigenvalue weighted by Crippen LogP contribution is 2.18. The number of nitrogens with one attached hydrogen (secondary N) is 2. The van der Waals surface area contributed by atoms with E-state index in [1.54, 1.807) is 61.7 Å².